The normalized spacial score (nSPS) is 14.4. The van der Waals surface area contributed by atoms with Gasteiger partial charge in [0, 0.05) is 38.6 Å². The van der Waals surface area contributed by atoms with Crippen LogP contribution in [0.4, 0.5) is 15.8 Å². The molecule has 2 aromatic carbocycles. The van der Waals surface area contributed by atoms with Crippen LogP contribution in [0.5, 0.6) is 0 Å². The molecule has 0 spiro atoms. The molecular formula is C22H26FN7O3S. The fraction of sp³-hybridized carbons (Fsp3) is 0.364. The Morgan fingerprint density at radius 2 is 1.79 bits per heavy atom. The van der Waals surface area contributed by atoms with E-state index in [0.29, 0.717) is 17.2 Å². The second kappa shape index (κ2) is 9.47. The topological polar surface area (TPSA) is 113 Å². The molecule has 1 saturated heterocycles. The van der Waals surface area contributed by atoms with Gasteiger partial charge in [0.2, 0.25) is 10.0 Å². The van der Waals surface area contributed by atoms with Crippen LogP contribution in [0.1, 0.15) is 35.4 Å². The third-order valence-corrected chi connectivity index (χ3v) is 7.56. The Hall–Kier alpha value is -3.38. The number of halogens is 1. The van der Waals surface area contributed by atoms with E-state index >= 15 is 0 Å². The minimum absolute atomic E-state index is 0.0209. The van der Waals surface area contributed by atoms with Crippen LogP contribution in [-0.2, 0) is 10.0 Å². The maximum absolute atomic E-state index is 14.4. The molecule has 0 radical (unpaired) electrons. The third-order valence-electron chi connectivity index (χ3n) is 5.75. The SMILES string of the molecule is Cc1nnnn1-c1cc(NC(=O)c2cc(S(=O)(=O)N(C)C)ccc2N2CCCCC2)ccc1F. The zero-order valence-corrected chi connectivity index (χ0v) is 20.0. The number of rotatable bonds is 6. The van der Waals surface area contributed by atoms with Crippen LogP contribution >= 0.6 is 0 Å². The first-order valence-electron chi connectivity index (χ1n) is 10.9. The average Bonchev–Trinajstić information content (AvgIpc) is 3.25. The van der Waals surface area contributed by atoms with E-state index in [1.165, 1.54) is 49.1 Å². The largest absolute Gasteiger partial charge is 0.371 e. The summed E-state index contributed by atoms with van der Waals surface area (Å²) in [5, 5.41) is 13.8. The van der Waals surface area contributed by atoms with Crippen LogP contribution < -0.4 is 10.2 Å². The van der Waals surface area contributed by atoms with Crippen LogP contribution in [0.25, 0.3) is 5.69 Å². The molecule has 1 aromatic heterocycles. The number of nitrogens with one attached hydrogen (secondary N) is 1. The molecule has 0 bridgehead atoms. The predicted molar refractivity (Wildman–Crippen MR) is 125 cm³/mol. The molecular weight excluding hydrogens is 461 g/mol. The number of carbonyl (C=O) groups excluding carboxylic acids is 1. The summed E-state index contributed by atoms with van der Waals surface area (Å²) < 4.78 is 42.2. The molecule has 2 heterocycles. The van der Waals surface area contributed by atoms with Gasteiger partial charge in [-0.1, -0.05) is 0 Å². The van der Waals surface area contributed by atoms with E-state index < -0.39 is 21.7 Å². The predicted octanol–water partition coefficient (Wildman–Crippen LogP) is 2.60. The zero-order chi connectivity index (χ0) is 24.5. The summed E-state index contributed by atoms with van der Waals surface area (Å²) >= 11 is 0. The van der Waals surface area contributed by atoms with Crippen LogP contribution in [0.15, 0.2) is 41.3 Å². The molecule has 1 fully saturated rings. The molecule has 10 nitrogen and oxygen atoms in total. The van der Waals surface area contributed by atoms with E-state index in [1.54, 1.807) is 13.0 Å². The number of tetrazole rings is 1. The van der Waals surface area contributed by atoms with Gasteiger partial charge in [-0.05, 0) is 73.0 Å². The first-order chi connectivity index (χ1) is 16.2. The van der Waals surface area contributed by atoms with Crippen molar-refractivity contribution in [3.05, 3.63) is 53.6 Å². The highest BCUT2D eigenvalue weighted by molar-refractivity contribution is 7.89. The first-order valence-corrected chi connectivity index (χ1v) is 12.3. The molecule has 1 aliphatic rings. The molecule has 1 aliphatic heterocycles. The summed E-state index contributed by atoms with van der Waals surface area (Å²) in [4.78, 5) is 15.5. The minimum atomic E-state index is -3.74. The molecule has 0 aliphatic carbocycles. The van der Waals surface area contributed by atoms with E-state index in [-0.39, 0.29) is 16.1 Å². The van der Waals surface area contributed by atoms with Crippen molar-refractivity contribution in [1.82, 2.24) is 24.5 Å². The van der Waals surface area contributed by atoms with Crippen molar-refractivity contribution in [3.8, 4) is 5.69 Å². The van der Waals surface area contributed by atoms with Gasteiger partial charge in [-0.25, -0.2) is 17.1 Å². The number of hydrogen-bond acceptors (Lipinski definition) is 7. The number of piperidine rings is 1. The Morgan fingerprint density at radius 3 is 2.44 bits per heavy atom. The lowest BCUT2D eigenvalue weighted by molar-refractivity contribution is 0.102. The highest BCUT2D eigenvalue weighted by Crippen LogP contribution is 2.29. The second-order valence-electron chi connectivity index (χ2n) is 8.27. The van der Waals surface area contributed by atoms with E-state index in [9.17, 15) is 17.6 Å². The summed E-state index contributed by atoms with van der Waals surface area (Å²) in [7, 11) is -0.862. The Bertz CT molecular complexity index is 1320. The highest BCUT2D eigenvalue weighted by atomic mass is 32.2. The number of carbonyl (C=O) groups is 1. The monoisotopic (exact) mass is 487 g/mol. The van der Waals surface area contributed by atoms with Crippen molar-refractivity contribution >= 4 is 27.3 Å². The van der Waals surface area contributed by atoms with Crippen LogP contribution in [0.2, 0.25) is 0 Å². The van der Waals surface area contributed by atoms with Gasteiger partial charge in [-0.15, -0.1) is 5.10 Å². The maximum atomic E-state index is 14.4. The quantitative estimate of drug-likeness (QED) is 0.569. The number of aromatic nitrogens is 4. The van der Waals surface area contributed by atoms with Crippen molar-refractivity contribution in [2.75, 3.05) is 37.4 Å². The summed E-state index contributed by atoms with van der Waals surface area (Å²) in [6.45, 7) is 3.19. The summed E-state index contributed by atoms with van der Waals surface area (Å²) in [5.41, 5.74) is 1.30. The molecule has 34 heavy (non-hydrogen) atoms. The maximum Gasteiger partial charge on any atom is 0.257 e. The zero-order valence-electron chi connectivity index (χ0n) is 19.2. The van der Waals surface area contributed by atoms with E-state index in [1.807, 2.05) is 0 Å². The Labute approximate surface area is 197 Å². The van der Waals surface area contributed by atoms with Crippen molar-refractivity contribution in [1.29, 1.82) is 0 Å². The standard InChI is InChI=1S/C22H26FN7O3S/c1-15-25-26-27-30(15)21-13-16(7-9-19(21)23)24-22(31)18-14-17(34(32,33)28(2)3)8-10-20(18)29-11-5-4-6-12-29/h7-10,13-14H,4-6,11-12H2,1-3H3,(H,24,31). The van der Waals surface area contributed by atoms with E-state index in [4.69, 9.17) is 0 Å². The molecule has 3 aromatic rings. The number of aryl methyl sites for hydroxylation is 1. The fourth-order valence-corrected chi connectivity index (χ4v) is 4.81. The molecule has 180 valence electrons. The van der Waals surface area contributed by atoms with Crippen LogP contribution in [0, 0.1) is 12.7 Å². The molecule has 4 rings (SSSR count). The highest BCUT2D eigenvalue weighted by Gasteiger charge is 2.24. The van der Waals surface area contributed by atoms with Gasteiger partial charge < -0.3 is 10.2 Å². The van der Waals surface area contributed by atoms with Gasteiger partial charge >= 0.3 is 0 Å². The van der Waals surface area contributed by atoms with Crippen LogP contribution in [-0.4, -0.2) is 66.0 Å². The molecule has 0 unspecified atom stereocenters. The molecule has 1 N–H and O–H groups in total. The van der Waals surface area contributed by atoms with Gasteiger partial charge in [0.15, 0.2) is 5.82 Å². The number of sulfonamides is 1. The van der Waals surface area contributed by atoms with E-state index in [0.717, 1.165) is 36.7 Å². The molecule has 12 heteroatoms. The Kier molecular flexibility index (Phi) is 6.62. The first kappa shape index (κ1) is 23.8. The van der Waals surface area contributed by atoms with Crippen LogP contribution in [0.3, 0.4) is 0 Å². The summed E-state index contributed by atoms with van der Waals surface area (Å²) in [5.74, 6) is -0.666. The Balaban J connectivity index is 1.72. The lowest BCUT2D eigenvalue weighted by atomic mass is 10.1. The van der Waals surface area contributed by atoms with Gasteiger partial charge in [0.05, 0.1) is 10.5 Å². The van der Waals surface area contributed by atoms with Gasteiger partial charge in [-0.2, -0.15) is 4.68 Å². The summed E-state index contributed by atoms with van der Waals surface area (Å²) in [6, 6.07) is 8.66. The second-order valence-corrected chi connectivity index (χ2v) is 10.4. The fourth-order valence-electron chi connectivity index (χ4n) is 3.88. The van der Waals surface area contributed by atoms with Crippen molar-refractivity contribution in [2.24, 2.45) is 0 Å². The van der Waals surface area contributed by atoms with E-state index in [2.05, 4.69) is 25.7 Å². The van der Waals surface area contributed by atoms with Crippen molar-refractivity contribution in [2.45, 2.75) is 31.1 Å². The third kappa shape index (κ3) is 4.64. The molecule has 0 saturated carbocycles. The summed E-state index contributed by atoms with van der Waals surface area (Å²) in [6.07, 6.45) is 3.09. The molecule has 0 atom stereocenters. The lowest BCUT2D eigenvalue weighted by Gasteiger charge is -2.30. The Morgan fingerprint density at radius 1 is 1.06 bits per heavy atom. The number of benzene rings is 2. The van der Waals surface area contributed by atoms with Crippen molar-refractivity contribution in [3.63, 3.8) is 0 Å². The molecule has 1 amide bonds. The van der Waals surface area contributed by atoms with Gasteiger partial charge in [0.25, 0.3) is 5.91 Å². The number of nitrogens with zero attached hydrogens (tertiary/aromatic N) is 6. The average molecular weight is 488 g/mol. The smallest absolute Gasteiger partial charge is 0.257 e. The van der Waals surface area contributed by atoms with Crippen molar-refractivity contribution < 1.29 is 17.6 Å². The lowest BCUT2D eigenvalue weighted by Crippen LogP contribution is -2.32. The van der Waals surface area contributed by atoms with Gasteiger partial charge in [0.1, 0.15) is 11.5 Å². The van der Waals surface area contributed by atoms with Gasteiger partial charge in [-0.3, -0.25) is 4.79 Å². The number of amides is 1. The number of anilines is 2. The minimum Gasteiger partial charge on any atom is -0.371 e. The number of hydrogen-bond donors (Lipinski definition) is 1.